The molecule has 1 aromatic heterocycles. The van der Waals surface area contributed by atoms with Crippen LogP contribution in [-0.2, 0) is 18.4 Å². The van der Waals surface area contributed by atoms with Gasteiger partial charge in [0, 0.05) is 13.0 Å². The summed E-state index contributed by atoms with van der Waals surface area (Å²) in [5.41, 5.74) is 2.83. The monoisotopic (exact) mass is 303 g/mol. The summed E-state index contributed by atoms with van der Waals surface area (Å²) in [6.45, 7) is 11.9. The number of aromatic nitrogens is 2. The molecule has 114 valence electrons. The summed E-state index contributed by atoms with van der Waals surface area (Å²) in [4.78, 5) is 0. The second-order valence-corrected chi connectivity index (χ2v) is 7.96. The molecule has 0 radical (unpaired) electrons. The van der Waals surface area contributed by atoms with E-state index in [1.54, 1.807) is 11.3 Å². The van der Waals surface area contributed by atoms with Gasteiger partial charge in [-0.2, -0.15) is 0 Å². The smallest absolute Gasteiger partial charge is 0.205 e. The summed E-state index contributed by atoms with van der Waals surface area (Å²) < 4.78 is 0. The van der Waals surface area contributed by atoms with Gasteiger partial charge in [0.2, 0.25) is 5.13 Å². The van der Waals surface area contributed by atoms with E-state index in [1.807, 2.05) is 0 Å². The minimum Gasteiger partial charge on any atom is -0.356 e. The van der Waals surface area contributed by atoms with Gasteiger partial charge in [0.05, 0.1) is 0 Å². The van der Waals surface area contributed by atoms with Crippen LogP contribution in [0.15, 0.2) is 24.3 Å². The van der Waals surface area contributed by atoms with E-state index in [9.17, 15) is 0 Å². The Kier molecular flexibility index (Phi) is 4.99. The highest BCUT2D eigenvalue weighted by molar-refractivity contribution is 7.15. The third-order valence-electron chi connectivity index (χ3n) is 3.31. The SMILES string of the molecule is CC(C)Cc1nnc(NCc2ccc(C(C)(C)C)cc2)s1. The molecule has 2 aromatic rings. The van der Waals surface area contributed by atoms with Gasteiger partial charge in [-0.3, -0.25) is 0 Å². The van der Waals surface area contributed by atoms with E-state index < -0.39 is 0 Å². The zero-order valence-corrected chi connectivity index (χ0v) is 14.4. The van der Waals surface area contributed by atoms with Crippen molar-refractivity contribution >= 4 is 16.5 Å². The van der Waals surface area contributed by atoms with Crippen LogP contribution in [0.3, 0.4) is 0 Å². The van der Waals surface area contributed by atoms with Crippen LogP contribution in [-0.4, -0.2) is 10.2 Å². The van der Waals surface area contributed by atoms with Gasteiger partial charge in [0.15, 0.2) is 0 Å². The predicted molar refractivity (Wildman–Crippen MR) is 90.9 cm³/mol. The van der Waals surface area contributed by atoms with E-state index in [1.165, 1.54) is 11.1 Å². The van der Waals surface area contributed by atoms with Crippen molar-refractivity contribution in [1.29, 1.82) is 0 Å². The van der Waals surface area contributed by atoms with Crippen molar-refractivity contribution in [3.63, 3.8) is 0 Å². The normalized spacial score (nSPS) is 11.9. The van der Waals surface area contributed by atoms with Gasteiger partial charge in [0.25, 0.3) is 0 Å². The van der Waals surface area contributed by atoms with Gasteiger partial charge in [-0.15, -0.1) is 10.2 Å². The van der Waals surface area contributed by atoms with Crippen molar-refractivity contribution in [3.05, 3.63) is 40.4 Å². The lowest BCUT2D eigenvalue weighted by molar-refractivity contribution is 0.590. The maximum atomic E-state index is 4.22. The molecule has 0 aliphatic heterocycles. The fourth-order valence-corrected chi connectivity index (χ4v) is 3.00. The van der Waals surface area contributed by atoms with Gasteiger partial charge in [0.1, 0.15) is 5.01 Å². The average molecular weight is 303 g/mol. The molecular weight excluding hydrogens is 278 g/mol. The number of nitrogens with one attached hydrogen (secondary N) is 1. The number of rotatable bonds is 5. The minimum atomic E-state index is 0.205. The zero-order valence-electron chi connectivity index (χ0n) is 13.6. The van der Waals surface area contributed by atoms with Gasteiger partial charge in [-0.1, -0.05) is 70.2 Å². The molecule has 0 aliphatic rings. The molecule has 2 rings (SSSR count). The summed E-state index contributed by atoms with van der Waals surface area (Å²) in [6, 6.07) is 8.79. The van der Waals surface area contributed by atoms with Crippen LogP contribution < -0.4 is 5.32 Å². The Morgan fingerprint density at radius 1 is 1.10 bits per heavy atom. The lowest BCUT2D eigenvalue weighted by Crippen LogP contribution is -2.11. The van der Waals surface area contributed by atoms with E-state index in [0.717, 1.165) is 23.1 Å². The molecule has 21 heavy (non-hydrogen) atoms. The van der Waals surface area contributed by atoms with Crippen LogP contribution in [0.4, 0.5) is 5.13 Å². The summed E-state index contributed by atoms with van der Waals surface area (Å²) in [6.07, 6.45) is 1.000. The number of hydrogen-bond acceptors (Lipinski definition) is 4. The molecule has 1 N–H and O–H groups in total. The first kappa shape index (κ1) is 16.0. The second kappa shape index (κ2) is 6.56. The lowest BCUT2D eigenvalue weighted by atomic mass is 9.87. The van der Waals surface area contributed by atoms with Crippen LogP contribution in [0.25, 0.3) is 0 Å². The van der Waals surface area contributed by atoms with Crippen LogP contribution in [0.5, 0.6) is 0 Å². The first-order valence-corrected chi connectivity index (χ1v) is 8.32. The molecule has 4 heteroatoms. The highest BCUT2D eigenvalue weighted by Crippen LogP contribution is 2.23. The highest BCUT2D eigenvalue weighted by Gasteiger charge is 2.12. The van der Waals surface area contributed by atoms with Gasteiger partial charge < -0.3 is 5.32 Å². The Balaban J connectivity index is 1.92. The van der Waals surface area contributed by atoms with Crippen LogP contribution in [0.2, 0.25) is 0 Å². The quantitative estimate of drug-likeness (QED) is 0.874. The first-order valence-electron chi connectivity index (χ1n) is 7.50. The summed E-state index contributed by atoms with van der Waals surface area (Å²) in [5, 5.41) is 13.8. The lowest BCUT2D eigenvalue weighted by Gasteiger charge is -2.19. The third kappa shape index (κ3) is 4.81. The fourth-order valence-electron chi connectivity index (χ4n) is 2.06. The Morgan fingerprint density at radius 3 is 2.33 bits per heavy atom. The number of hydrogen-bond donors (Lipinski definition) is 1. The summed E-state index contributed by atoms with van der Waals surface area (Å²) in [5.74, 6) is 0.621. The fraction of sp³-hybridized carbons (Fsp3) is 0.529. The van der Waals surface area contributed by atoms with Crippen molar-refractivity contribution in [3.8, 4) is 0 Å². The Labute approximate surface area is 131 Å². The first-order chi connectivity index (χ1) is 9.84. The van der Waals surface area contributed by atoms with Gasteiger partial charge >= 0.3 is 0 Å². The Bertz CT molecular complexity index is 564. The molecule has 0 atom stereocenters. The van der Waals surface area contributed by atoms with Crippen molar-refractivity contribution in [2.24, 2.45) is 5.92 Å². The van der Waals surface area contributed by atoms with E-state index in [-0.39, 0.29) is 5.41 Å². The van der Waals surface area contributed by atoms with E-state index in [4.69, 9.17) is 0 Å². The molecule has 0 unspecified atom stereocenters. The molecule has 0 bridgehead atoms. The topological polar surface area (TPSA) is 37.8 Å². The molecule has 1 heterocycles. The third-order valence-corrected chi connectivity index (χ3v) is 4.22. The Hall–Kier alpha value is -1.42. The van der Waals surface area contributed by atoms with Crippen LogP contribution in [0, 0.1) is 5.92 Å². The van der Waals surface area contributed by atoms with Crippen LogP contribution in [0.1, 0.15) is 50.8 Å². The summed E-state index contributed by atoms with van der Waals surface area (Å²) in [7, 11) is 0. The van der Waals surface area contributed by atoms with Crippen molar-refractivity contribution < 1.29 is 0 Å². The molecule has 0 saturated carbocycles. The molecule has 0 spiro atoms. The number of anilines is 1. The zero-order chi connectivity index (χ0) is 15.5. The highest BCUT2D eigenvalue weighted by atomic mass is 32.1. The molecular formula is C17H25N3S. The van der Waals surface area contributed by atoms with E-state index in [0.29, 0.717) is 5.92 Å². The van der Waals surface area contributed by atoms with E-state index >= 15 is 0 Å². The maximum Gasteiger partial charge on any atom is 0.205 e. The van der Waals surface area contributed by atoms with E-state index in [2.05, 4.69) is 74.4 Å². The molecule has 3 nitrogen and oxygen atoms in total. The molecule has 0 amide bonds. The molecule has 0 saturated heterocycles. The molecule has 1 aromatic carbocycles. The van der Waals surface area contributed by atoms with Crippen molar-refractivity contribution in [1.82, 2.24) is 10.2 Å². The number of nitrogens with zero attached hydrogens (tertiary/aromatic N) is 2. The average Bonchev–Trinajstić information content (AvgIpc) is 2.82. The standard InChI is InChI=1S/C17H25N3S/c1-12(2)10-15-19-20-16(21-15)18-11-13-6-8-14(9-7-13)17(3,4)5/h6-9,12H,10-11H2,1-5H3,(H,18,20). The second-order valence-electron chi connectivity index (χ2n) is 6.90. The number of benzene rings is 1. The molecule has 0 aliphatic carbocycles. The van der Waals surface area contributed by atoms with Crippen molar-refractivity contribution in [2.75, 3.05) is 5.32 Å². The molecule has 0 fully saturated rings. The van der Waals surface area contributed by atoms with Crippen molar-refractivity contribution in [2.45, 2.75) is 53.0 Å². The Morgan fingerprint density at radius 2 is 1.76 bits per heavy atom. The summed E-state index contributed by atoms with van der Waals surface area (Å²) >= 11 is 1.65. The largest absolute Gasteiger partial charge is 0.356 e. The van der Waals surface area contributed by atoms with Gasteiger partial charge in [-0.05, 0) is 22.5 Å². The van der Waals surface area contributed by atoms with Crippen LogP contribution >= 0.6 is 11.3 Å². The maximum absolute atomic E-state index is 4.22. The predicted octanol–water partition coefficient (Wildman–Crippen LogP) is 4.65. The van der Waals surface area contributed by atoms with Gasteiger partial charge in [-0.25, -0.2) is 0 Å². The minimum absolute atomic E-state index is 0.205.